The van der Waals surface area contributed by atoms with Gasteiger partial charge in [-0.2, -0.15) is 0 Å². The minimum absolute atomic E-state index is 0.205. The summed E-state index contributed by atoms with van der Waals surface area (Å²) in [4.78, 5) is 16.0. The lowest BCUT2D eigenvalue weighted by molar-refractivity contribution is 0.102. The van der Waals surface area contributed by atoms with E-state index < -0.39 is 0 Å². The van der Waals surface area contributed by atoms with Crippen LogP contribution in [-0.4, -0.2) is 10.9 Å². The van der Waals surface area contributed by atoms with Crippen LogP contribution < -0.4 is 11.1 Å². The molecule has 0 aliphatic heterocycles. The normalized spacial score (nSPS) is 10.1. The van der Waals surface area contributed by atoms with E-state index in [1.807, 2.05) is 26.0 Å². The molecule has 0 atom stereocenters. The van der Waals surface area contributed by atoms with E-state index in [0.717, 1.165) is 11.1 Å². The van der Waals surface area contributed by atoms with Crippen molar-refractivity contribution in [3.8, 4) is 0 Å². The van der Waals surface area contributed by atoms with Gasteiger partial charge < -0.3 is 11.1 Å². The first-order valence-electron chi connectivity index (χ1n) is 5.67. The van der Waals surface area contributed by atoms with Gasteiger partial charge in [0.2, 0.25) is 0 Å². The molecule has 0 bridgehead atoms. The Bertz CT molecular complexity index is 593. The van der Waals surface area contributed by atoms with Crippen molar-refractivity contribution < 1.29 is 4.79 Å². The molecule has 3 N–H and O–H groups in total. The van der Waals surface area contributed by atoms with Crippen LogP contribution in [0.1, 0.15) is 21.5 Å². The zero-order valence-electron chi connectivity index (χ0n) is 10.4. The van der Waals surface area contributed by atoms with Crippen LogP contribution >= 0.6 is 0 Å². The minimum Gasteiger partial charge on any atom is -0.396 e. The molecule has 1 heterocycles. The maximum atomic E-state index is 12.0. The van der Waals surface area contributed by atoms with E-state index in [0.29, 0.717) is 17.1 Å². The second-order valence-corrected chi connectivity index (χ2v) is 4.19. The van der Waals surface area contributed by atoms with E-state index in [9.17, 15) is 4.79 Å². The van der Waals surface area contributed by atoms with Crippen molar-refractivity contribution in [2.45, 2.75) is 13.8 Å². The first-order chi connectivity index (χ1) is 8.58. The summed E-state index contributed by atoms with van der Waals surface area (Å²) in [6.45, 7) is 3.98. The number of aryl methyl sites for hydroxylation is 2. The molecule has 0 saturated heterocycles. The van der Waals surface area contributed by atoms with Gasteiger partial charge in [-0.05, 0) is 49.2 Å². The second kappa shape index (κ2) is 4.87. The lowest BCUT2D eigenvalue weighted by Crippen LogP contribution is -2.14. The van der Waals surface area contributed by atoms with Crippen molar-refractivity contribution in [2.75, 3.05) is 11.1 Å². The van der Waals surface area contributed by atoms with E-state index in [2.05, 4.69) is 10.3 Å². The van der Waals surface area contributed by atoms with Crippen molar-refractivity contribution in [3.63, 3.8) is 0 Å². The number of hydrogen-bond acceptors (Lipinski definition) is 3. The molecule has 0 saturated carbocycles. The van der Waals surface area contributed by atoms with Gasteiger partial charge in [0.1, 0.15) is 0 Å². The molecule has 0 fully saturated rings. The van der Waals surface area contributed by atoms with Crippen LogP contribution in [0.25, 0.3) is 0 Å². The molecule has 0 unspecified atom stereocenters. The lowest BCUT2D eigenvalue weighted by Gasteiger charge is -2.08. The third-order valence-electron chi connectivity index (χ3n) is 2.84. The predicted molar refractivity (Wildman–Crippen MR) is 72.5 cm³/mol. The number of benzene rings is 1. The quantitative estimate of drug-likeness (QED) is 0.849. The van der Waals surface area contributed by atoms with Gasteiger partial charge in [0.15, 0.2) is 5.82 Å². The smallest absolute Gasteiger partial charge is 0.256 e. The molecule has 4 heteroatoms. The molecule has 0 radical (unpaired) electrons. The first-order valence-corrected chi connectivity index (χ1v) is 5.67. The number of anilines is 2. The van der Waals surface area contributed by atoms with Crippen molar-refractivity contribution in [1.82, 2.24) is 4.98 Å². The van der Waals surface area contributed by atoms with Gasteiger partial charge in [-0.1, -0.05) is 6.07 Å². The highest BCUT2D eigenvalue weighted by molar-refractivity contribution is 6.05. The SMILES string of the molecule is Cc1ccc(C(=O)Nc2ncccc2N)cc1C. The van der Waals surface area contributed by atoms with Crippen LogP contribution in [0.4, 0.5) is 11.5 Å². The fourth-order valence-corrected chi connectivity index (χ4v) is 1.58. The Kier molecular flexibility index (Phi) is 3.28. The zero-order chi connectivity index (χ0) is 13.1. The summed E-state index contributed by atoms with van der Waals surface area (Å²) in [6.07, 6.45) is 1.59. The van der Waals surface area contributed by atoms with Gasteiger partial charge in [0.05, 0.1) is 5.69 Å². The monoisotopic (exact) mass is 241 g/mol. The van der Waals surface area contributed by atoms with Crippen LogP contribution in [0, 0.1) is 13.8 Å². The minimum atomic E-state index is -0.205. The highest BCUT2D eigenvalue weighted by Gasteiger charge is 2.09. The van der Waals surface area contributed by atoms with Crippen LogP contribution in [0.3, 0.4) is 0 Å². The summed E-state index contributed by atoms with van der Waals surface area (Å²) >= 11 is 0. The van der Waals surface area contributed by atoms with Gasteiger partial charge in [-0.3, -0.25) is 4.79 Å². The second-order valence-electron chi connectivity index (χ2n) is 4.19. The Morgan fingerprint density at radius 3 is 2.67 bits per heavy atom. The van der Waals surface area contributed by atoms with Crippen molar-refractivity contribution in [3.05, 3.63) is 53.2 Å². The number of carbonyl (C=O) groups is 1. The van der Waals surface area contributed by atoms with Gasteiger partial charge >= 0.3 is 0 Å². The van der Waals surface area contributed by atoms with Gasteiger partial charge in [-0.25, -0.2) is 4.98 Å². The van der Waals surface area contributed by atoms with Crippen molar-refractivity contribution >= 4 is 17.4 Å². The van der Waals surface area contributed by atoms with E-state index >= 15 is 0 Å². The number of pyridine rings is 1. The number of hydrogen-bond donors (Lipinski definition) is 2. The third-order valence-corrected chi connectivity index (χ3v) is 2.84. The Labute approximate surface area is 106 Å². The maximum Gasteiger partial charge on any atom is 0.256 e. The highest BCUT2D eigenvalue weighted by atomic mass is 16.1. The molecule has 2 aromatic rings. The van der Waals surface area contributed by atoms with Crippen molar-refractivity contribution in [2.24, 2.45) is 0 Å². The highest BCUT2D eigenvalue weighted by Crippen LogP contribution is 2.15. The molecule has 0 aliphatic rings. The molecule has 1 amide bonds. The van der Waals surface area contributed by atoms with Crippen LogP contribution in [0.15, 0.2) is 36.5 Å². The number of nitrogens with zero attached hydrogens (tertiary/aromatic N) is 1. The summed E-state index contributed by atoms with van der Waals surface area (Å²) < 4.78 is 0. The molecule has 1 aromatic carbocycles. The molecular weight excluding hydrogens is 226 g/mol. The molecule has 1 aromatic heterocycles. The van der Waals surface area contributed by atoms with Crippen LogP contribution in [-0.2, 0) is 0 Å². The van der Waals surface area contributed by atoms with Gasteiger partial charge in [0, 0.05) is 11.8 Å². The molecule has 0 spiro atoms. The number of nitrogens with one attached hydrogen (secondary N) is 1. The molecule has 18 heavy (non-hydrogen) atoms. The summed E-state index contributed by atoms with van der Waals surface area (Å²) in [5, 5.41) is 2.70. The Hall–Kier alpha value is -2.36. The fourth-order valence-electron chi connectivity index (χ4n) is 1.58. The first kappa shape index (κ1) is 12.1. The fraction of sp³-hybridized carbons (Fsp3) is 0.143. The Morgan fingerprint density at radius 2 is 2.00 bits per heavy atom. The van der Waals surface area contributed by atoms with E-state index in [1.54, 1.807) is 24.4 Å². The molecule has 92 valence electrons. The van der Waals surface area contributed by atoms with Crippen molar-refractivity contribution in [1.29, 1.82) is 0 Å². The Balaban J connectivity index is 2.22. The lowest BCUT2D eigenvalue weighted by atomic mass is 10.1. The average molecular weight is 241 g/mol. The third kappa shape index (κ3) is 2.48. The van der Waals surface area contributed by atoms with Gasteiger partial charge in [-0.15, -0.1) is 0 Å². The maximum absolute atomic E-state index is 12.0. The number of carbonyl (C=O) groups excluding carboxylic acids is 1. The van der Waals surface area contributed by atoms with E-state index in [4.69, 9.17) is 5.73 Å². The van der Waals surface area contributed by atoms with Gasteiger partial charge in [0.25, 0.3) is 5.91 Å². The summed E-state index contributed by atoms with van der Waals surface area (Å²) in [5.74, 6) is 0.184. The molecule has 4 nitrogen and oxygen atoms in total. The van der Waals surface area contributed by atoms with Crippen LogP contribution in [0.2, 0.25) is 0 Å². The largest absolute Gasteiger partial charge is 0.396 e. The summed E-state index contributed by atoms with van der Waals surface area (Å²) in [7, 11) is 0. The summed E-state index contributed by atoms with van der Waals surface area (Å²) in [5.41, 5.74) is 9.01. The number of nitrogen functional groups attached to an aromatic ring is 1. The van der Waals surface area contributed by atoms with E-state index in [1.165, 1.54) is 0 Å². The standard InChI is InChI=1S/C14H15N3O/c1-9-5-6-11(8-10(9)2)14(18)17-13-12(15)4-3-7-16-13/h3-8H,15H2,1-2H3,(H,16,17,18). The topological polar surface area (TPSA) is 68.0 Å². The summed E-state index contributed by atoms with van der Waals surface area (Å²) in [6, 6.07) is 8.98. The molecular formula is C14H15N3O. The van der Waals surface area contributed by atoms with Crippen LogP contribution in [0.5, 0.6) is 0 Å². The number of nitrogens with two attached hydrogens (primary N) is 1. The number of aromatic nitrogens is 1. The number of rotatable bonds is 2. The zero-order valence-corrected chi connectivity index (χ0v) is 10.4. The molecule has 0 aliphatic carbocycles. The average Bonchev–Trinajstić information content (AvgIpc) is 2.35. The Morgan fingerprint density at radius 1 is 1.22 bits per heavy atom. The number of amides is 1. The molecule has 2 rings (SSSR count). The predicted octanol–water partition coefficient (Wildman–Crippen LogP) is 2.53. The van der Waals surface area contributed by atoms with E-state index in [-0.39, 0.29) is 5.91 Å².